The molecule has 0 unspecified atom stereocenters. The Bertz CT molecular complexity index is 3380. The van der Waals surface area contributed by atoms with E-state index in [0.29, 0.717) is 5.82 Å². The Morgan fingerprint density at radius 1 is 0.380 bits per heavy atom. The Labute approximate surface area is 285 Å². The van der Waals surface area contributed by atoms with Crippen LogP contribution >= 0.6 is 0 Å². The fourth-order valence-electron chi connectivity index (χ4n) is 8.60. The Kier molecular flexibility index (Phi) is 4.94. The lowest BCUT2D eigenvalue weighted by Gasteiger charge is -2.13. The summed E-state index contributed by atoms with van der Waals surface area (Å²) in [4.78, 5) is 10.6. The van der Waals surface area contributed by atoms with Crippen molar-refractivity contribution in [1.29, 1.82) is 0 Å². The van der Waals surface area contributed by atoms with Crippen LogP contribution in [0.15, 0.2) is 158 Å². The number of hydrogen-bond donors (Lipinski definition) is 0. The second-order valence-corrected chi connectivity index (χ2v) is 13.4. The smallest absolute Gasteiger partial charge is 0.162 e. The lowest BCUT2D eigenvalue weighted by Crippen LogP contribution is -2.03. The average molecular weight is 635 g/mol. The molecule has 4 aromatic heterocycles. The molecule has 0 aliphatic heterocycles. The van der Waals surface area contributed by atoms with E-state index in [1.54, 1.807) is 0 Å². The van der Waals surface area contributed by atoms with Crippen LogP contribution < -0.4 is 0 Å². The van der Waals surface area contributed by atoms with E-state index in [2.05, 4.69) is 167 Å². The van der Waals surface area contributed by atoms with Crippen molar-refractivity contribution < 1.29 is 0 Å². The van der Waals surface area contributed by atoms with Gasteiger partial charge >= 0.3 is 0 Å². The normalized spacial score (nSPS) is 12.4. The molecule has 0 amide bonds. The maximum atomic E-state index is 5.47. The van der Waals surface area contributed by atoms with Crippen LogP contribution in [-0.4, -0.2) is 18.9 Å². The van der Waals surface area contributed by atoms with Gasteiger partial charge in [0.25, 0.3) is 0 Å². The zero-order valence-electron chi connectivity index (χ0n) is 26.8. The fraction of sp³-hybridized carbons (Fsp3) is 0. The van der Waals surface area contributed by atoms with Gasteiger partial charge in [-0.15, -0.1) is 0 Å². The number of para-hydroxylation sites is 3. The molecule has 0 radical (unpaired) electrons. The average Bonchev–Trinajstić information content (AvgIpc) is 3.80. The van der Waals surface area contributed by atoms with Crippen molar-refractivity contribution in [3.63, 3.8) is 0 Å². The Morgan fingerprint density at radius 3 is 1.86 bits per heavy atom. The molecule has 12 rings (SSSR count). The first kappa shape index (κ1) is 26.2. The highest BCUT2D eigenvalue weighted by Crippen LogP contribution is 2.47. The van der Waals surface area contributed by atoms with Crippen LogP contribution in [0.1, 0.15) is 0 Å². The summed E-state index contributed by atoms with van der Waals surface area (Å²) in [7, 11) is 0. The van der Waals surface area contributed by atoms with Gasteiger partial charge in [-0.2, -0.15) is 0 Å². The van der Waals surface area contributed by atoms with E-state index >= 15 is 0 Å². The van der Waals surface area contributed by atoms with E-state index in [1.165, 1.54) is 75.9 Å². The third-order valence-corrected chi connectivity index (χ3v) is 10.8. The van der Waals surface area contributed by atoms with Gasteiger partial charge in [-0.1, -0.05) is 109 Å². The van der Waals surface area contributed by atoms with Gasteiger partial charge in [0.05, 0.1) is 33.1 Å². The second-order valence-electron chi connectivity index (χ2n) is 13.4. The van der Waals surface area contributed by atoms with Crippen molar-refractivity contribution >= 4 is 92.3 Å². The molecule has 4 heterocycles. The van der Waals surface area contributed by atoms with Crippen LogP contribution in [0.25, 0.3) is 110 Å². The molecule has 8 aromatic carbocycles. The van der Waals surface area contributed by atoms with Crippen molar-refractivity contribution in [2.24, 2.45) is 0 Å². The maximum Gasteiger partial charge on any atom is 0.162 e. The van der Waals surface area contributed by atoms with Crippen LogP contribution in [0, 0.1) is 0 Å². The van der Waals surface area contributed by atoms with E-state index in [1.807, 2.05) is 0 Å². The molecule has 4 nitrogen and oxygen atoms in total. The first-order chi connectivity index (χ1) is 24.8. The molecule has 0 aliphatic carbocycles. The molecule has 0 aliphatic rings. The SMILES string of the molecule is c1ccc2cc(-c3nc(-n4c5ccccc5c5cc6c7cc8ccccc8cc7n7c8ccccc8c(c54)c67)c4ccccc4n3)ccc2c1. The minimum atomic E-state index is 0.717. The molecule has 0 bridgehead atoms. The van der Waals surface area contributed by atoms with Crippen LogP contribution in [0.3, 0.4) is 0 Å². The number of nitrogens with zero attached hydrogens (tertiary/aromatic N) is 4. The van der Waals surface area contributed by atoms with Crippen LogP contribution in [0.4, 0.5) is 0 Å². The van der Waals surface area contributed by atoms with Crippen LogP contribution in [0.2, 0.25) is 0 Å². The van der Waals surface area contributed by atoms with Gasteiger partial charge in [0, 0.05) is 43.3 Å². The topological polar surface area (TPSA) is 35.1 Å². The molecule has 0 N–H and O–H groups in total. The van der Waals surface area contributed by atoms with Crippen molar-refractivity contribution in [1.82, 2.24) is 18.9 Å². The number of aromatic nitrogens is 4. The molecule has 0 atom stereocenters. The van der Waals surface area contributed by atoms with Gasteiger partial charge in [-0.25, -0.2) is 9.97 Å². The third-order valence-electron chi connectivity index (χ3n) is 10.8. The van der Waals surface area contributed by atoms with E-state index in [0.717, 1.165) is 27.8 Å². The standard InChI is InChI=1S/C46H26N4/c1-2-12-28-23-31(22-21-27(28)11-1)45-47-38-18-8-5-16-33(38)46(48-45)50-39-19-9-6-15-32(39)36-26-37-35-24-29-13-3-4-14-30(29)25-41(35)49-40-20-10-7-17-34(40)42(43(37)49)44(36)50/h1-26H. The zero-order chi connectivity index (χ0) is 32.5. The monoisotopic (exact) mass is 634 g/mol. The molecule has 4 heteroatoms. The summed E-state index contributed by atoms with van der Waals surface area (Å²) in [6, 6.07) is 56.9. The molecule has 0 saturated carbocycles. The lowest BCUT2D eigenvalue weighted by molar-refractivity contribution is 1.08. The first-order valence-electron chi connectivity index (χ1n) is 17.1. The van der Waals surface area contributed by atoms with Crippen molar-refractivity contribution in [2.75, 3.05) is 0 Å². The summed E-state index contributed by atoms with van der Waals surface area (Å²) < 4.78 is 4.90. The van der Waals surface area contributed by atoms with Gasteiger partial charge in [0.2, 0.25) is 0 Å². The van der Waals surface area contributed by atoms with Gasteiger partial charge in [0.1, 0.15) is 5.82 Å². The lowest BCUT2D eigenvalue weighted by atomic mass is 10.0. The quantitative estimate of drug-likeness (QED) is 0.190. The van der Waals surface area contributed by atoms with Gasteiger partial charge < -0.3 is 4.40 Å². The summed E-state index contributed by atoms with van der Waals surface area (Å²) >= 11 is 0. The number of benzene rings is 8. The van der Waals surface area contributed by atoms with Gasteiger partial charge in [-0.05, 0) is 70.1 Å². The Hall–Kier alpha value is -6.78. The second kappa shape index (κ2) is 9.43. The molecular formula is C46H26N4. The van der Waals surface area contributed by atoms with E-state index in [-0.39, 0.29) is 0 Å². The summed E-state index contributed by atoms with van der Waals surface area (Å²) in [5.41, 5.74) is 7.93. The van der Waals surface area contributed by atoms with E-state index in [9.17, 15) is 0 Å². The molecule has 50 heavy (non-hydrogen) atoms. The molecular weight excluding hydrogens is 609 g/mol. The maximum absolute atomic E-state index is 5.47. The minimum absolute atomic E-state index is 0.717. The highest BCUT2D eigenvalue weighted by atomic mass is 15.1. The zero-order valence-corrected chi connectivity index (χ0v) is 26.8. The molecule has 0 spiro atoms. The molecule has 230 valence electrons. The highest BCUT2D eigenvalue weighted by molar-refractivity contribution is 6.34. The summed E-state index contributed by atoms with van der Waals surface area (Å²) in [6.45, 7) is 0. The summed E-state index contributed by atoms with van der Waals surface area (Å²) in [5, 5.41) is 13.4. The number of fused-ring (bicyclic) bond motifs is 13. The summed E-state index contributed by atoms with van der Waals surface area (Å²) in [6.07, 6.45) is 0. The third kappa shape index (κ3) is 3.34. The Morgan fingerprint density at radius 2 is 1.02 bits per heavy atom. The minimum Gasteiger partial charge on any atom is -0.308 e. The van der Waals surface area contributed by atoms with Crippen molar-refractivity contribution in [3.8, 4) is 17.2 Å². The first-order valence-corrected chi connectivity index (χ1v) is 17.1. The predicted molar refractivity (Wildman–Crippen MR) is 209 cm³/mol. The fourth-order valence-corrected chi connectivity index (χ4v) is 8.60. The van der Waals surface area contributed by atoms with Crippen LogP contribution in [-0.2, 0) is 0 Å². The predicted octanol–water partition coefficient (Wildman–Crippen LogP) is 11.9. The molecule has 0 saturated heterocycles. The van der Waals surface area contributed by atoms with Crippen LogP contribution in [0.5, 0.6) is 0 Å². The number of hydrogen-bond acceptors (Lipinski definition) is 2. The van der Waals surface area contributed by atoms with Crippen molar-refractivity contribution in [2.45, 2.75) is 0 Å². The van der Waals surface area contributed by atoms with Gasteiger partial charge in [-0.3, -0.25) is 4.57 Å². The Balaban J connectivity index is 1.29. The molecule has 0 fully saturated rings. The summed E-state index contributed by atoms with van der Waals surface area (Å²) in [5.74, 6) is 1.60. The largest absolute Gasteiger partial charge is 0.308 e. The van der Waals surface area contributed by atoms with E-state index < -0.39 is 0 Å². The van der Waals surface area contributed by atoms with Gasteiger partial charge in [0.15, 0.2) is 5.82 Å². The van der Waals surface area contributed by atoms with Crippen molar-refractivity contribution in [3.05, 3.63) is 158 Å². The van der Waals surface area contributed by atoms with E-state index in [4.69, 9.17) is 9.97 Å². The highest BCUT2D eigenvalue weighted by Gasteiger charge is 2.26. The molecule has 12 aromatic rings. The number of rotatable bonds is 2.